The van der Waals surface area contributed by atoms with Crippen LogP contribution in [0.2, 0.25) is 5.02 Å². The van der Waals surface area contributed by atoms with E-state index in [0.29, 0.717) is 28.1 Å². The van der Waals surface area contributed by atoms with Crippen molar-refractivity contribution in [3.05, 3.63) is 87.7 Å². The van der Waals surface area contributed by atoms with Gasteiger partial charge in [0.25, 0.3) is 0 Å². The van der Waals surface area contributed by atoms with Gasteiger partial charge in [0.05, 0.1) is 18.6 Å². The summed E-state index contributed by atoms with van der Waals surface area (Å²) in [5.41, 5.74) is 1.50. The third-order valence-electron chi connectivity index (χ3n) is 4.17. The largest absolute Gasteiger partial charge is 0.467 e. The maximum atomic E-state index is 12.6. The first-order valence-electron chi connectivity index (χ1n) is 8.73. The van der Waals surface area contributed by atoms with Crippen LogP contribution in [0.4, 0.5) is 0 Å². The van der Waals surface area contributed by atoms with Crippen LogP contribution in [0.15, 0.2) is 81.0 Å². The van der Waals surface area contributed by atoms with Crippen molar-refractivity contribution in [1.29, 1.82) is 0 Å². The Balaban J connectivity index is 1.61. The summed E-state index contributed by atoms with van der Waals surface area (Å²) in [5.74, 6) is 1.71. The highest BCUT2D eigenvalue weighted by Crippen LogP contribution is 2.27. The molecule has 0 radical (unpaired) electrons. The Labute approximate surface area is 185 Å². The van der Waals surface area contributed by atoms with Crippen molar-refractivity contribution in [2.45, 2.75) is 11.7 Å². The van der Waals surface area contributed by atoms with Crippen LogP contribution < -0.4 is 0 Å². The summed E-state index contributed by atoms with van der Waals surface area (Å²) >= 11 is 10.9. The lowest BCUT2D eigenvalue weighted by molar-refractivity contribution is 0.102. The van der Waals surface area contributed by atoms with E-state index < -0.39 is 0 Å². The van der Waals surface area contributed by atoms with Crippen LogP contribution in [0.25, 0.3) is 11.4 Å². The molecule has 0 amide bonds. The van der Waals surface area contributed by atoms with Crippen molar-refractivity contribution in [2.75, 3.05) is 5.75 Å². The first kappa shape index (κ1) is 19.9. The van der Waals surface area contributed by atoms with E-state index in [4.69, 9.17) is 16.0 Å². The molecule has 4 aromatic rings. The molecular formula is C21H15BrClN3O2S. The molecule has 0 fully saturated rings. The molecule has 5 nitrogen and oxygen atoms in total. The van der Waals surface area contributed by atoms with Crippen molar-refractivity contribution in [3.63, 3.8) is 0 Å². The molecule has 2 aromatic heterocycles. The van der Waals surface area contributed by atoms with E-state index in [0.717, 1.165) is 15.8 Å². The molecule has 0 spiro atoms. The molecule has 0 aliphatic heterocycles. The number of furan rings is 1. The summed E-state index contributed by atoms with van der Waals surface area (Å²) in [5, 5.41) is 9.92. The standard InChI is InChI=1S/C21H15BrClN3O2S/c22-16-6-1-4-14(10-16)19(27)13-29-21-25-24-20(15-5-2-7-17(23)11-15)26(21)12-18-8-3-9-28-18/h1-11H,12-13H2. The van der Waals surface area contributed by atoms with Crippen LogP contribution >= 0.6 is 39.3 Å². The molecule has 4 rings (SSSR count). The molecule has 29 heavy (non-hydrogen) atoms. The van der Waals surface area contributed by atoms with Gasteiger partial charge in [0.15, 0.2) is 16.8 Å². The summed E-state index contributed by atoms with van der Waals surface area (Å²) in [6.07, 6.45) is 1.63. The maximum Gasteiger partial charge on any atom is 0.192 e. The smallest absolute Gasteiger partial charge is 0.192 e. The second-order valence-electron chi connectivity index (χ2n) is 6.20. The fourth-order valence-corrected chi connectivity index (χ4v) is 4.23. The first-order valence-corrected chi connectivity index (χ1v) is 10.9. The second-order valence-corrected chi connectivity index (χ2v) is 8.50. The average Bonchev–Trinajstić information content (AvgIpc) is 3.36. The van der Waals surface area contributed by atoms with Gasteiger partial charge in [-0.3, -0.25) is 9.36 Å². The quantitative estimate of drug-likeness (QED) is 0.237. The van der Waals surface area contributed by atoms with Gasteiger partial charge in [-0.05, 0) is 36.4 Å². The van der Waals surface area contributed by atoms with Gasteiger partial charge < -0.3 is 4.42 Å². The number of rotatable bonds is 7. The maximum absolute atomic E-state index is 12.6. The number of benzene rings is 2. The van der Waals surface area contributed by atoms with E-state index in [-0.39, 0.29) is 11.5 Å². The third-order valence-corrected chi connectivity index (χ3v) is 5.87. The summed E-state index contributed by atoms with van der Waals surface area (Å²) in [4.78, 5) is 12.6. The Hall–Kier alpha value is -2.35. The Morgan fingerprint density at radius 2 is 1.97 bits per heavy atom. The molecule has 0 aliphatic rings. The lowest BCUT2D eigenvalue weighted by atomic mass is 10.2. The lowest BCUT2D eigenvalue weighted by Gasteiger charge is -2.09. The molecule has 146 valence electrons. The summed E-state index contributed by atoms with van der Waals surface area (Å²) in [7, 11) is 0. The van der Waals surface area contributed by atoms with Crippen LogP contribution in [0, 0.1) is 0 Å². The fraction of sp³-hybridized carbons (Fsp3) is 0.0952. The number of thioether (sulfide) groups is 1. The van der Waals surface area contributed by atoms with E-state index in [2.05, 4.69) is 26.1 Å². The Morgan fingerprint density at radius 1 is 1.10 bits per heavy atom. The van der Waals surface area contributed by atoms with Crippen molar-refractivity contribution in [1.82, 2.24) is 14.8 Å². The van der Waals surface area contributed by atoms with Crippen LogP contribution in [0.3, 0.4) is 0 Å². The van der Waals surface area contributed by atoms with Crippen LogP contribution in [-0.2, 0) is 6.54 Å². The number of ketones is 1. The molecule has 8 heteroatoms. The van der Waals surface area contributed by atoms with Crippen molar-refractivity contribution in [3.8, 4) is 11.4 Å². The van der Waals surface area contributed by atoms with Gasteiger partial charge in [-0.15, -0.1) is 10.2 Å². The molecule has 0 bridgehead atoms. The molecule has 0 aliphatic carbocycles. The SMILES string of the molecule is O=C(CSc1nnc(-c2cccc(Cl)c2)n1Cc1ccco1)c1cccc(Br)c1. The monoisotopic (exact) mass is 487 g/mol. The molecular weight excluding hydrogens is 474 g/mol. The number of hydrogen-bond donors (Lipinski definition) is 0. The number of carbonyl (C=O) groups excluding carboxylic acids is 1. The van der Waals surface area contributed by atoms with Crippen molar-refractivity contribution >= 4 is 45.1 Å². The molecule has 0 atom stereocenters. The van der Waals surface area contributed by atoms with E-state index in [1.165, 1.54) is 11.8 Å². The highest BCUT2D eigenvalue weighted by atomic mass is 79.9. The molecule has 0 saturated heterocycles. The van der Waals surface area contributed by atoms with E-state index >= 15 is 0 Å². The minimum absolute atomic E-state index is 0.0214. The molecule has 0 saturated carbocycles. The Morgan fingerprint density at radius 3 is 2.72 bits per heavy atom. The number of Topliss-reactive ketones (excluding diaryl/α,β-unsaturated/α-hetero) is 1. The molecule has 2 aromatic carbocycles. The fourth-order valence-electron chi connectivity index (χ4n) is 2.81. The molecule has 2 heterocycles. The van der Waals surface area contributed by atoms with Crippen molar-refractivity contribution in [2.24, 2.45) is 0 Å². The minimum Gasteiger partial charge on any atom is -0.467 e. The zero-order valence-corrected chi connectivity index (χ0v) is 18.2. The molecule has 0 N–H and O–H groups in total. The van der Waals surface area contributed by atoms with Crippen molar-refractivity contribution < 1.29 is 9.21 Å². The second kappa shape index (κ2) is 8.98. The van der Waals surface area contributed by atoms with Gasteiger partial charge in [-0.1, -0.05) is 63.6 Å². The van der Waals surface area contributed by atoms with E-state index in [1.54, 1.807) is 12.3 Å². The van der Waals surface area contributed by atoms with Crippen LogP contribution in [-0.4, -0.2) is 26.3 Å². The van der Waals surface area contributed by atoms with Gasteiger partial charge >= 0.3 is 0 Å². The predicted octanol–water partition coefficient (Wildman–Crippen LogP) is 5.98. The Bertz CT molecular complexity index is 1140. The van der Waals surface area contributed by atoms with Gasteiger partial charge in [0.2, 0.25) is 0 Å². The first-order chi connectivity index (χ1) is 14.1. The Kier molecular flexibility index (Phi) is 6.18. The summed E-state index contributed by atoms with van der Waals surface area (Å²) in [6.45, 7) is 0.454. The zero-order valence-electron chi connectivity index (χ0n) is 15.1. The number of nitrogens with zero attached hydrogens (tertiary/aromatic N) is 3. The number of carbonyl (C=O) groups is 1. The normalized spacial score (nSPS) is 11.0. The lowest BCUT2D eigenvalue weighted by Crippen LogP contribution is -2.06. The third kappa shape index (κ3) is 4.80. The number of halogens is 2. The van der Waals surface area contributed by atoms with E-state index in [9.17, 15) is 4.79 Å². The number of aromatic nitrogens is 3. The summed E-state index contributed by atoms with van der Waals surface area (Å²) in [6, 6.07) is 18.5. The topological polar surface area (TPSA) is 60.9 Å². The van der Waals surface area contributed by atoms with Gasteiger partial charge in [-0.25, -0.2) is 0 Å². The van der Waals surface area contributed by atoms with Crippen LogP contribution in [0.1, 0.15) is 16.1 Å². The van der Waals surface area contributed by atoms with Gasteiger partial charge in [0.1, 0.15) is 5.76 Å². The van der Waals surface area contributed by atoms with Gasteiger partial charge in [-0.2, -0.15) is 0 Å². The van der Waals surface area contributed by atoms with Crippen LogP contribution in [0.5, 0.6) is 0 Å². The average molecular weight is 489 g/mol. The zero-order chi connectivity index (χ0) is 20.2. The highest BCUT2D eigenvalue weighted by Gasteiger charge is 2.18. The number of hydrogen-bond acceptors (Lipinski definition) is 5. The molecule has 0 unspecified atom stereocenters. The summed E-state index contributed by atoms with van der Waals surface area (Å²) < 4.78 is 8.31. The predicted molar refractivity (Wildman–Crippen MR) is 117 cm³/mol. The van der Waals surface area contributed by atoms with Gasteiger partial charge in [0, 0.05) is 20.6 Å². The minimum atomic E-state index is 0.0214. The van der Waals surface area contributed by atoms with E-state index in [1.807, 2.05) is 59.2 Å². The highest BCUT2D eigenvalue weighted by molar-refractivity contribution is 9.10.